The second-order valence-corrected chi connectivity index (χ2v) is 7.78. The number of ketones is 1. The van der Waals surface area contributed by atoms with Crippen LogP contribution >= 0.6 is 11.6 Å². The zero-order valence-electron chi connectivity index (χ0n) is 18.6. The highest BCUT2D eigenvalue weighted by Gasteiger charge is 2.26. The third-order valence-corrected chi connectivity index (χ3v) is 5.20. The summed E-state index contributed by atoms with van der Waals surface area (Å²) in [6, 6.07) is 18.6. The van der Waals surface area contributed by atoms with Crippen molar-refractivity contribution in [3.05, 3.63) is 99.1 Å². The van der Waals surface area contributed by atoms with Gasteiger partial charge in [0.05, 0.1) is 24.5 Å². The van der Waals surface area contributed by atoms with Gasteiger partial charge in [-0.2, -0.15) is 0 Å². The smallest absolute Gasteiger partial charge is 0.307 e. The van der Waals surface area contributed by atoms with E-state index >= 15 is 0 Å². The predicted molar refractivity (Wildman–Crippen MR) is 129 cm³/mol. The Morgan fingerprint density at radius 2 is 1.69 bits per heavy atom. The molecule has 0 spiro atoms. The summed E-state index contributed by atoms with van der Waals surface area (Å²) in [4.78, 5) is 48.5. The van der Waals surface area contributed by atoms with Crippen LogP contribution in [0.2, 0.25) is 5.02 Å². The van der Waals surface area contributed by atoms with E-state index in [-0.39, 0.29) is 30.0 Å². The molecular weight excluding hydrogens is 476 g/mol. The third-order valence-electron chi connectivity index (χ3n) is 4.95. The number of ether oxygens (including phenoxy) is 2. The molecular formula is C25H21ClN2O7. The van der Waals surface area contributed by atoms with Gasteiger partial charge in [0.2, 0.25) is 11.7 Å². The van der Waals surface area contributed by atoms with Gasteiger partial charge in [-0.3, -0.25) is 24.5 Å². The molecule has 3 rings (SSSR count). The molecule has 1 atom stereocenters. The van der Waals surface area contributed by atoms with E-state index in [0.717, 1.165) is 0 Å². The Balaban J connectivity index is 1.67. The van der Waals surface area contributed by atoms with Crippen LogP contribution < -0.4 is 10.1 Å². The molecule has 180 valence electrons. The van der Waals surface area contributed by atoms with Crippen LogP contribution in [0.15, 0.2) is 72.8 Å². The number of carbonyl (C=O) groups is 3. The lowest BCUT2D eigenvalue weighted by Gasteiger charge is -2.17. The molecule has 3 aromatic carbocycles. The molecule has 9 nitrogen and oxygen atoms in total. The first-order valence-electron chi connectivity index (χ1n) is 10.4. The molecule has 0 saturated heterocycles. The van der Waals surface area contributed by atoms with E-state index in [0.29, 0.717) is 16.1 Å². The van der Waals surface area contributed by atoms with Crippen LogP contribution in [-0.2, 0) is 14.3 Å². The van der Waals surface area contributed by atoms with Gasteiger partial charge in [0.25, 0.3) is 5.69 Å². The van der Waals surface area contributed by atoms with Crippen molar-refractivity contribution in [1.82, 2.24) is 0 Å². The first-order valence-corrected chi connectivity index (χ1v) is 10.8. The number of Topliss-reactive ketones (excluding diaryl/α,β-unsaturated/α-hetero) is 1. The number of hydrogen-bond acceptors (Lipinski definition) is 7. The van der Waals surface area contributed by atoms with E-state index in [1.165, 1.54) is 37.4 Å². The topological polar surface area (TPSA) is 125 Å². The first kappa shape index (κ1) is 25.4. The highest BCUT2D eigenvalue weighted by Crippen LogP contribution is 2.29. The van der Waals surface area contributed by atoms with Crippen molar-refractivity contribution in [3.63, 3.8) is 0 Å². The van der Waals surface area contributed by atoms with E-state index < -0.39 is 28.7 Å². The van der Waals surface area contributed by atoms with E-state index in [1.54, 1.807) is 42.5 Å². The van der Waals surface area contributed by atoms with Crippen molar-refractivity contribution in [2.24, 2.45) is 0 Å². The van der Waals surface area contributed by atoms with E-state index in [9.17, 15) is 24.5 Å². The van der Waals surface area contributed by atoms with Gasteiger partial charge in [-0.25, -0.2) is 0 Å². The fraction of sp³-hybridized carbons (Fsp3) is 0.160. The quantitative estimate of drug-likeness (QED) is 0.178. The highest BCUT2D eigenvalue weighted by atomic mass is 35.5. The second kappa shape index (κ2) is 11.8. The lowest BCUT2D eigenvalue weighted by atomic mass is 10.00. The SMILES string of the molecule is COc1ccc(NC(=O)CCC(=O)O[C@@H](C(=O)c2ccc(Cl)cc2)c2ccccc2)c([N+](=O)[O-])c1. The van der Waals surface area contributed by atoms with Gasteiger partial charge in [-0.15, -0.1) is 0 Å². The van der Waals surface area contributed by atoms with Crippen molar-refractivity contribution >= 4 is 40.6 Å². The Bertz CT molecular complexity index is 1230. The third kappa shape index (κ3) is 6.87. The fourth-order valence-corrected chi connectivity index (χ4v) is 3.31. The number of nitrogens with zero attached hydrogens (tertiary/aromatic N) is 1. The maximum Gasteiger partial charge on any atom is 0.307 e. The van der Waals surface area contributed by atoms with Crippen LogP contribution in [0.25, 0.3) is 0 Å². The number of benzene rings is 3. The molecule has 0 aliphatic rings. The number of halogens is 1. The molecule has 0 bridgehead atoms. The standard InChI is InChI=1S/C25H21ClN2O7/c1-34-19-11-12-20(21(15-19)28(32)33)27-22(29)13-14-23(30)35-25(17-5-3-2-4-6-17)24(31)16-7-9-18(26)10-8-16/h2-12,15,25H,13-14H2,1H3,(H,27,29)/t25-/m1/s1. The molecule has 10 heteroatoms. The average Bonchev–Trinajstić information content (AvgIpc) is 2.86. The molecule has 1 N–H and O–H groups in total. The Labute approximate surface area is 205 Å². The Morgan fingerprint density at radius 3 is 2.31 bits per heavy atom. The summed E-state index contributed by atoms with van der Waals surface area (Å²) < 4.78 is 10.4. The minimum absolute atomic E-state index is 0.0331. The maximum atomic E-state index is 13.1. The average molecular weight is 497 g/mol. The summed E-state index contributed by atoms with van der Waals surface area (Å²) in [6.07, 6.45) is -1.86. The molecule has 35 heavy (non-hydrogen) atoms. The number of rotatable bonds is 10. The molecule has 0 aliphatic heterocycles. The summed E-state index contributed by atoms with van der Waals surface area (Å²) in [5, 5.41) is 14.1. The van der Waals surface area contributed by atoms with Gasteiger partial charge < -0.3 is 14.8 Å². The summed E-state index contributed by atoms with van der Waals surface area (Å²) in [6.45, 7) is 0. The summed E-state index contributed by atoms with van der Waals surface area (Å²) in [5.74, 6) is -1.59. The Kier molecular flexibility index (Phi) is 8.53. The van der Waals surface area contributed by atoms with Crippen LogP contribution in [0.4, 0.5) is 11.4 Å². The summed E-state index contributed by atoms with van der Waals surface area (Å²) in [5.41, 5.74) is 0.395. The van der Waals surface area contributed by atoms with Gasteiger partial charge in [0, 0.05) is 22.6 Å². The van der Waals surface area contributed by atoms with Crippen molar-refractivity contribution in [2.45, 2.75) is 18.9 Å². The van der Waals surface area contributed by atoms with Gasteiger partial charge in [0.15, 0.2) is 6.10 Å². The van der Waals surface area contributed by atoms with Crippen LogP contribution in [0.5, 0.6) is 5.75 Å². The Morgan fingerprint density at radius 1 is 1.00 bits per heavy atom. The maximum absolute atomic E-state index is 13.1. The van der Waals surface area contributed by atoms with Crippen molar-refractivity contribution < 1.29 is 28.8 Å². The number of nitro benzene ring substituents is 1. The molecule has 0 saturated carbocycles. The molecule has 3 aromatic rings. The van der Waals surface area contributed by atoms with Crippen molar-refractivity contribution in [3.8, 4) is 5.75 Å². The van der Waals surface area contributed by atoms with Gasteiger partial charge >= 0.3 is 5.97 Å². The van der Waals surface area contributed by atoms with E-state index in [4.69, 9.17) is 21.1 Å². The minimum atomic E-state index is -1.21. The van der Waals surface area contributed by atoms with Gasteiger partial charge in [-0.05, 0) is 36.4 Å². The molecule has 0 unspecified atom stereocenters. The molecule has 0 radical (unpaired) electrons. The zero-order chi connectivity index (χ0) is 25.4. The largest absolute Gasteiger partial charge is 0.496 e. The molecule has 0 fully saturated rings. The highest BCUT2D eigenvalue weighted by molar-refractivity contribution is 6.30. The number of nitrogens with one attached hydrogen (secondary N) is 1. The predicted octanol–water partition coefficient (Wildman–Crippen LogP) is 5.14. The van der Waals surface area contributed by atoms with Gasteiger partial charge in [-0.1, -0.05) is 41.9 Å². The number of methoxy groups -OCH3 is 1. The number of esters is 1. The number of carbonyl (C=O) groups excluding carboxylic acids is 3. The number of amides is 1. The molecule has 1 amide bonds. The second-order valence-electron chi connectivity index (χ2n) is 7.34. The van der Waals surface area contributed by atoms with Crippen molar-refractivity contribution in [2.75, 3.05) is 12.4 Å². The normalized spacial score (nSPS) is 11.3. The van der Waals surface area contributed by atoms with E-state index in [1.807, 2.05) is 0 Å². The minimum Gasteiger partial charge on any atom is -0.496 e. The van der Waals surface area contributed by atoms with Crippen LogP contribution in [0.1, 0.15) is 34.9 Å². The first-order chi connectivity index (χ1) is 16.8. The molecule has 0 heterocycles. The van der Waals surface area contributed by atoms with Crippen molar-refractivity contribution in [1.29, 1.82) is 0 Å². The Hall–Kier alpha value is -4.24. The fourth-order valence-electron chi connectivity index (χ4n) is 3.18. The van der Waals surface area contributed by atoms with Crippen LogP contribution in [0.3, 0.4) is 0 Å². The van der Waals surface area contributed by atoms with Crippen LogP contribution in [-0.4, -0.2) is 29.7 Å². The van der Waals surface area contributed by atoms with E-state index in [2.05, 4.69) is 5.32 Å². The van der Waals surface area contributed by atoms with Gasteiger partial charge in [0.1, 0.15) is 11.4 Å². The zero-order valence-corrected chi connectivity index (χ0v) is 19.4. The number of hydrogen-bond donors (Lipinski definition) is 1. The number of anilines is 1. The van der Waals surface area contributed by atoms with Crippen LogP contribution in [0, 0.1) is 10.1 Å². The monoisotopic (exact) mass is 496 g/mol. The molecule has 0 aliphatic carbocycles. The number of nitro groups is 1. The summed E-state index contributed by atoms with van der Waals surface area (Å²) in [7, 11) is 1.36. The summed E-state index contributed by atoms with van der Waals surface area (Å²) >= 11 is 5.89. The lowest BCUT2D eigenvalue weighted by Crippen LogP contribution is -2.21. The lowest BCUT2D eigenvalue weighted by molar-refractivity contribution is -0.384. The molecule has 0 aromatic heterocycles.